The third-order valence-corrected chi connectivity index (χ3v) is 3.28. The number of fused-ring (bicyclic) bond motifs is 1. The zero-order valence-electron chi connectivity index (χ0n) is 10.7. The van der Waals surface area contributed by atoms with Gasteiger partial charge in [-0.1, -0.05) is 0 Å². The van der Waals surface area contributed by atoms with Crippen LogP contribution in [0.5, 0.6) is 5.75 Å². The standard InChI is InChI=1S/C14H11ClFN3O/c1-20-13-6-9(2-3-10(13)16)19-12-4-5-17-8-11(12)18-14(19)7-15/h2-6,8H,7H2,1H3. The Morgan fingerprint density at radius 3 is 2.95 bits per heavy atom. The van der Waals surface area contributed by atoms with Crippen molar-refractivity contribution in [2.24, 2.45) is 0 Å². The molecular formula is C14H11ClFN3O. The first kappa shape index (κ1) is 12.9. The molecule has 0 aliphatic heterocycles. The highest BCUT2D eigenvalue weighted by Crippen LogP contribution is 2.26. The zero-order valence-corrected chi connectivity index (χ0v) is 11.4. The largest absolute Gasteiger partial charge is 0.494 e. The quantitative estimate of drug-likeness (QED) is 0.695. The minimum Gasteiger partial charge on any atom is -0.494 e. The average molecular weight is 292 g/mol. The molecule has 3 aromatic rings. The van der Waals surface area contributed by atoms with Crippen LogP contribution < -0.4 is 4.74 Å². The van der Waals surface area contributed by atoms with E-state index in [0.717, 1.165) is 16.7 Å². The highest BCUT2D eigenvalue weighted by atomic mass is 35.5. The van der Waals surface area contributed by atoms with Gasteiger partial charge in [-0.2, -0.15) is 0 Å². The highest BCUT2D eigenvalue weighted by Gasteiger charge is 2.13. The molecule has 2 aromatic heterocycles. The second kappa shape index (κ2) is 5.09. The second-order valence-corrected chi connectivity index (χ2v) is 4.45. The Bertz CT molecular complexity index is 772. The van der Waals surface area contributed by atoms with Crippen molar-refractivity contribution in [2.75, 3.05) is 7.11 Å². The number of aromatic nitrogens is 3. The fourth-order valence-electron chi connectivity index (χ4n) is 2.15. The molecule has 0 aliphatic rings. The van der Waals surface area contributed by atoms with Crippen molar-refractivity contribution in [3.8, 4) is 11.4 Å². The molecule has 0 bridgehead atoms. The van der Waals surface area contributed by atoms with Gasteiger partial charge in [0.15, 0.2) is 11.6 Å². The molecule has 0 amide bonds. The number of pyridine rings is 1. The van der Waals surface area contributed by atoms with Gasteiger partial charge in [-0.15, -0.1) is 11.6 Å². The van der Waals surface area contributed by atoms with E-state index >= 15 is 0 Å². The van der Waals surface area contributed by atoms with Crippen molar-refractivity contribution in [3.05, 3.63) is 48.3 Å². The summed E-state index contributed by atoms with van der Waals surface area (Å²) in [7, 11) is 1.43. The number of imidazole rings is 1. The van der Waals surface area contributed by atoms with Crippen molar-refractivity contribution < 1.29 is 9.13 Å². The number of halogens is 2. The SMILES string of the molecule is COc1cc(-n2c(CCl)nc3cnccc32)ccc1F. The molecule has 0 saturated carbocycles. The molecule has 3 rings (SSSR count). The first-order chi connectivity index (χ1) is 9.74. The maximum atomic E-state index is 13.5. The molecule has 102 valence electrons. The normalized spacial score (nSPS) is 10.9. The van der Waals surface area contributed by atoms with E-state index in [4.69, 9.17) is 16.3 Å². The summed E-state index contributed by atoms with van der Waals surface area (Å²) >= 11 is 5.95. The summed E-state index contributed by atoms with van der Waals surface area (Å²) in [6.07, 6.45) is 3.35. The molecule has 0 unspecified atom stereocenters. The Balaban J connectivity index is 2.28. The van der Waals surface area contributed by atoms with Crippen molar-refractivity contribution in [1.29, 1.82) is 0 Å². The zero-order chi connectivity index (χ0) is 14.1. The Hall–Kier alpha value is -2.14. The number of methoxy groups -OCH3 is 1. The molecular weight excluding hydrogens is 281 g/mol. The summed E-state index contributed by atoms with van der Waals surface area (Å²) in [6, 6.07) is 6.48. The van der Waals surface area contributed by atoms with Crippen LogP contribution in [0.3, 0.4) is 0 Å². The minimum absolute atomic E-state index is 0.180. The average Bonchev–Trinajstić information content (AvgIpc) is 2.86. The van der Waals surface area contributed by atoms with E-state index in [-0.39, 0.29) is 11.6 Å². The molecule has 6 heteroatoms. The number of alkyl halides is 1. The van der Waals surface area contributed by atoms with Crippen molar-refractivity contribution in [3.63, 3.8) is 0 Å². The summed E-state index contributed by atoms with van der Waals surface area (Å²) < 4.78 is 20.4. The number of hydrogen-bond acceptors (Lipinski definition) is 3. The summed E-state index contributed by atoms with van der Waals surface area (Å²) in [5, 5.41) is 0. The predicted octanol–water partition coefficient (Wildman–Crippen LogP) is 3.31. The van der Waals surface area contributed by atoms with Crippen molar-refractivity contribution in [1.82, 2.24) is 14.5 Å². The molecule has 1 aromatic carbocycles. The highest BCUT2D eigenvalue weighted by molar-refractivity contribution is 6.17. The lowest BCUT2D eigenvalue weighted by molar-refractivity contribution is 0.386. The Labute approximate surface area is 119 Å². The number of ether oxygens (including phenoxy) is 1. The first-order valence-electron chi connectivity index (χ1n) is 5.96. The molecule has 2 heterocycles. The minimum atomic E-state index is -0.408. The van der Waals surface area contributed by atoms with E-state index in [1.165, 1.54) is 13.2 Å². The van der Waals surface area contributed by atoms with Crippen LogP contribution in [0, 0.1) is 5.82 Å². The third-order valence-electron chi connectivity index (χ3n) is 3.04. The van der Waals surface area contributed by atoms with Crippen molar-refractivity contribution >= 4 is 22.6 Å². The molecule has 0 atom stereocenters. The third kappa shape index (κ3) is 2.00. The van der Waals surface area contributed by atoms with Crippen LogP contribution >= 0.6 is 11.6 Å². The van der Waals surface area contributed by atoms with Gasteiger partial charge in [-0.05, 0) is 18.2 Å². The molecule has 0 N–H and O–H groups in total. The number of rotatable bonds is 3. The van der Waals surface area contributed by atoms with Gasteiger partial charge in [0.2, 0.25) is 0 Å². The number of benzene rings is 1. The molecule has 0 saturated heterocycles. The van der Waals surface area contributed by atoms with Gasteiger partial charge in [0.25, 0.3) is 0 Å². The fourth-order valence-corrected chi connectivity index (χ4v) is 2.33. The lowest BCUT2D eigenvalue weighted by Crippen LogP contribution is -2.00. The van der Waals surface area contributed by atoms with Crippen LogP contribution in [-0.4, -0.2) is 21.6 Å². The summed E-state index contributed by atoms with van der Waals surface area (Å²) in [6.45, 7) is 0. The first-order valence-corrected chi connectivity index (χ1v) is 6.49. The lowest BCUT2D eigenvalue weighted by atomic mass is 10.2. The lowest BCUT2D eigenvalue weighted by Gasteiger charge is -2.10. The van der Waals surface area contributed by atoms with Gasteiger partial charge in [0.05, 0.1) is 30.4 Å². The van der Waals surface area contributed by atoms with Gasteiger partial charge in [-0.25, -0.2) is 9.37 Å². The molecule has 0 radical (unpaired) electrons. The molecule has 4 nitrogen and oxygen atoms in total. The van der Waals surface area contributed by atoms with Gasteiger partial charge in [-0.3, -0.25) is 9.55 Å². The Morgan fingerprint density at radius 1 is 1.35 bits per heavy atom. The molecule has 0 aliphatic carbocycles. The van der Waals surface area contributed by atoms with Crippen LogP contribution in [0.15, 0.2) is 36.7 Å². The van der Waals surface area contributed by atoms with Gasteiger partial charge in [0, 0.05) is 12.3 Å². The van der Waals surface area contributed by atoms with Crippen LogP contribution in [0.25, 0.3) is 16.7 Å². The monoisotopic (exact) mass is 291 g/mol. The van der Waals surface area contributed by atoms with Crippen LogP contribution in [0.4, 0.5) is 4.39 Å². The molecule has 0 spiro atoms. The van der Waals surface area contributed by atoms with Crippen molar-refractivity contribution in [2.45, 2.75) is 5.88 Å². The van der Waals surface area contributed by atoms with Crippen LogP contribution in [-0.2, 0) is 5.88 Å². The maximum absolute atomic E-state index is 13.5. The van der Waals surface area contributed by atoms with E-state index in [0.29, 0.717) is 5.82 Å². The van der Waals surface area contributed by atoms with Gasteiger partial charge in [0.1, 0.15) is 11.3 Å². The van der Waals surface area contributed by atoms with Crippen LogP contribution in [0.2, 0.25) is 0 Å². The fraction of sp³-hybridized carbons (Fsp3) is 0.143. The number of nitrogens with zero attached hydrogens (tertiary/aromatic N) is 3. The Kier molecular flexibility index (Phi) is 3.28. The van der Waals surface area contributed by atoms with E-state index < -0.39 is 5.82 Å². The number of hydrogen-bond donors (Lipinski definition) is 0. The van der Waals surface area contributed by atoms with E-state index in [1.54, 1.807) is 24.5 Å². The van der Waals surface area contributed by atoms with Gasteiger partial charge < -0.3 is 4.74 Å². The van der Waals surface area contributed by atoms with E-state index in [2.05, 4.69) is 9.97 Å². The molecule has 20 heavy (non-hydrogen) atoms. The van der Waals surface area contributed by atoms with Gasteiger partial charge >= 0.3 is 0 Å². The Morgan fingerprint density at radius 2 is 2.20 bits per heavy atom. The predicted molar refractivity (Wildman–Crippen MR) is 74.9 cm³/mol. The van der Waals surface area contributed by atoms with E-state index in [9.17, 15) is 4.39 Å². The summed E-state index contributed by atoms with van der Waals surface area (Å²) in [5.74, 6) is 0.686. The second-order valence-electron chi connectivity index (χ2n) is 4.18. The van der Waals surface area contributed by atoms with Crippen LogP contribution in [0.1, 0.15) is 5.82 Å². The topological polar surface area (TPSA) is 39.9 Å². The van der Waals surface area contributed by atoms with E-state index in [1.807, 2.05) is 10.6 Å². The summed E-state index contributed by atoms with van der Waals surface area (Å²) in [5.41, 5.74) is 2.35. The molecule has 0 fully saturated rings. The maximum Gasteiger partial charge on any atom is 0.165 e. The smallest absolute Gasteiger partial charge is 0.165 e. The summed E-state index contributed by atoms with van der Waals surface area (Å²) in [4.78, 5) is 8.46.